The van der Waals surface area contributed by atoms with Gasteiger partial charge in [0, 0.05) is 44.1 Å². The predicted molar refractivity (Wildman–Crippen MR) is 81.3 cm³/mol. The molecule has 0 amide bonds. The zero-order valence-electron chi connectivity index (χ0n) is 11.3. The molecule has 0 aliphatic heterocycles. The molecule has 0 spiro atoms. The smallest absolute Gasteiger partial charge is 0.0274 e. The van der Waals surface area contributed by atoms with Gasteiger partial charge in [0.15, 0.2) is 0 Å². The first kappa shape index (κ1) is 16.3. The normalized spacial score (nSPS) is 9.61. The Morgan fingerprint density at radius 1 is 0.889 bits per heavy atom. The molecule has 0 fully saturated rings. The fraction of sp³-hybridized carbons (Fsp3) is 0.333. The largest absolute Gasteiger partial charge is 0.384 e. The molecular weight excluding hydrogens is 222 g/mol. The third-order valence-corrected chi connectivity index (χ3v) is 2.44. The molecule has 0 aromatic rings. The monoisotopic (exact) mass is 247 g/mol. The van der Waals surface area contributed by atoms with Crippen LogP contribution < -0.4 is 10.6 Å². The lowest BCUT2D eigenvalue weighted by Gasteiger charge is -2.21. The summed E-state index contributed by atoms with van der Waals surface area (Å²) in [5.41, 5.74) is 1.71. The van der Waals surface area contributed by atoms with Gasteiger partial charge in [0.1, 0.15) is 0 Å². The maximum atomic E-state index is 3.81. The summed E-state index contributed by atoms with van der Waals surface area (Å²) in [6.45, 7) is 23.1. The van der Waals surface area contributed by atoms with Gasteiger partial charge in [-0.3, -0.25) is 4.90 Å². The first-order valence-electron chi connectivity index (χ1n) is 6.07. The number of allylic oxidation sites excluding steroid dienone is 2. The summed E-state index contributed by atoms with van der Waals surface area (Å²) in [7, 11) is 0. The van der Waals surface area contributed by atoms with Crippen LogP contribution in [0.15, 0.2) is 62.5 Å². The lowest BCUT2D eigenvalue weighted by atomic mass is 10.4. The van der Waals surface area contributed by atoms with Gasteiger partial charge in [0.05, 0.1) is 0 Å². The van der Waals surface area contributed by atoms with Crippen molar-refractivity contribution in [3.8, 4) is 0 Å². The Balaban J connectivity index is 3.87. The standard InChI is InChI=1S/C15H25N3/c1-6-11-18(12-9-16-14(4)7-2)13-10-17-15(5)8-3/h6-8,16-17H,1-5,9-13H2. The zero-order valence-corrected chi connectivity index (χ0v) is 11.3. The number of rotatable bonds is 12. The van der Waals surface area contributed by atoms with E-state index in [0.717, 1.165) is 44.1 Å². The third-order valence-electron chi connectivity index (χ3n) is 2.44. The molecule has 0 aliphatic carbocycles. The van der Waals surface area contributed by atoms with E-state index >= 15 is 0 Å². The Morgan fingerprint density at radius 2 is 1.33 bits per heavy atom. The van der Waals surface area contributed by atoms with Gasteiger partial charge in [-0.05, 0) is 12.2 Å². The summed E-state index contributed by atoms with van der Waals surface area (Å²) in [5.74, 6) is 0. The molecule has 0 bridgehead atoms. The van der Waals surface area contributed by atoms with E-state index in [4.69, 9.17) is 0 Å². The molecule has 0 rings (SSSR count). The lowest BCUT2D eigenvalue weighted by molar-refractivity contribution is 0.307. The van der Waals surface area contributed by atoms with Crippen LogP contribution in [0.5, 0.6) is 0 Å². The van der Waals surface area contributed by atoms with Crippen LogP contribution in [0.3, 0.4) is 0 Å². The molecule has 0 radical (unpaired) electrons. The Bertz CT molecular complexity index is 279. The van der Waals surface area contributed by atoms with E-state index in [1.165, 1.54) is 0 Å². The molecule has 0 aromatic carbocycles. The maximum absolute atomic E-state index is 3.81. The van der Waals surface area contributed by atoms with Gasteiger partial charge < -0.3 is 10.6 Å². The number of nitrogens with zero attached hydrogens (tertiary/aromatic N) is 1. The average molecular weight is 247 g/mol. The van der Waals surface area contributed by atoms with E-state index in [9.17, 15) is 0 Å². The lowest BCUT2D eigenvalue weighted by Crippen LogP contribution is -2.36. The van der Waals surface area contributed by atoms with Crippen LogP contribution >= 0.6 is 0 Å². The van der Waals surface area contributed by atoms with Gasteiger partial charge in [-0.2, -0.15) is 0 Å². The van der Waals surface area contributed by atoms with Gasteiger partial charge in [0.25, 0.3) is 0 Å². The molecule has 0 heterocycles. The summed E-state index contributed by atoms with van der Waals surface area (Å²) >= 11 is 0. The second-order valence-electron chi connectivity index (χ2n) is 3.90. The van der Waals surface area contributed by atoms with E-state index in [1.54, 1.807) is 12.2 Å². The highest BCUT2D eigenvalue weighted by molar-refractivity contribution is 5.08. The Labute approximate surface area is 111 Å². The van der Waals surface area contributed by atoms with E-state index in [2.05, 4.69) is 48.4 Å². The molecule has 0 saturated heterocycles. The van der Waals surface area contributed by atoms with Crippen molar-refractivity contribution < 1.29 is 0 Å². The van der Waals surface area contributed by atoms with Gasteiger partial charge in [-0.1, -0.05) is 32.4 Å². The fourth-order valence-corrected chi connectivity index (χ4v) is 1.37. The summed E-state index contributed by atoms with van der Waals surface area (Å²) in [4.78, 5) is 2.29. The summed E-state index contributed by atoms with van der Waals surface area (Å²) < 4.78 is 0. The highest BCUT2D eigenvalue weighted by Crippen LogP contribution is 1.90. The zero-order chi connectivity index (χ0) is 13.8. The minimum atomic E-state index is 0.848. The van der Waals surface area contributed by atoms with Crippen molar-refractivity contribution in [2.75, 3.05) is 32.7 Å². The van der Waals surface area contributed by atoms with Crippen LogP contribution in [-0.2, 0) is 0 Å². The van der Waals surface area contributed by atoms with E-state index in [1.807, 2.05) is 6.08 Å². The van der Waals surface area contributed by atoms with E-state index < -0.39 is 0 Å². The second kappa shape index (κ2) is 10.4. The summed E-state index contributed by atoms with van der Waals surface area (Å²) in [6, 6.07) is 0. The fourth-order valence-electron chi connectivity index (χ4n) is 1.37. The predicted octanol–water partition coefficient (Wildman–Crippen LogP) is 2.05. The molecule has 18 heavy (non-hydrogen) atoms. The maximum Gasteiger partial charge on any atom is 0.0274 e. The second-order valence-corrected chi connectivity index (χ2v) is 3.90. The molecule has 0 atom stereocenters. The molecule has 3 nitrogen and oxygen atoms in total. The van der Waals surface area contributed by atoms with Crippen molar-refractivity contribution in [2.24, 2.45) is 0 Å². The van der Waals surface area contributed by atoms with Gasteiger partial charge >= 0.3 is 0 Å². The van der Waals surface area contributed by atoms with Gasteiger partial charge in [-0.25, -0.2) is 0 Å². The van der Waals surface area contributed by atoms with Crippen molar-refractivity contribution >= 4 is 0 Å². The van der Waals surface area contributed by atoms with Gasteiger partial charge in [-0.15, -0.1) is 6.58 Å². The van der Waals surface area contributed by atoms with Crippen LogP contribution in [0.1, 0.15) is 0 Å². The Hall–Kier alpha value is -1.74. The Kier molecular flexibility index (Phi) is 9.41. The van der Waals surface area contributed by atoms with Gasteiger partial charge in [0.2, 0.25) is 0 Å². The average Bonchev–Trinajstić information content (AvgIpc) is 2.38. The third kappa shape index (κ3) is 8.42. The quantitative estimate of drug-likeness (QED) is 0.408. The molecule has 2 N–H and O–H groups in total. The SMILES string of the molecule is C=CCN(CCNC(=C)C=C)CCNC(=C)C=C. The molecule has 100 valence electrons. The number of nitrogens with one attached hydrogen (secondary N) is 2. The Morgan fingerprint density at radius 3 is 1.67 bits per heavy atom. The molecule has 0 aromatic heterocycles. The van der Waals surface area contributed by atoms with Crippen molar-refractivity contribution in [1.82, 2.24) is 15.5 Å². The van der Waals surface area contributed by atoms with Crippen molar-refractivity contribution in [1.29, 1.82) is 0 Å². The summed E-state index contributed by atoms with van der Waals surface area (Å²) in [5, 5.41) is 6.38. The minimum absolute atomic E-state index is 0.848. The van der Waals surface area contributed by atoms with Crippen LogP contribution in [0.4, 0.5) is 0 Å². The first-order chi connectivity index (χ1) is 8.63. The van der Waals surface area contributed by atoms with Crippen molar-refractivity contribution in [3.05, 3.63) is 62.5 Å². The van der Waals surface area contributed by atoms with Crippen LogP contribution in [-0.4, -0.2) is 37.6 Å². The van der Waals surface area contributed by atoms with Crippen LogP contribution in [0.25, 0.3) is 0 Å². The number of hydrogen-bond acceptors (Lipinski definition) is 3. The molecule has 0 aliphatic rings. The molecule has 0 saturated carbocycles. The van der Waals surface area contributed by atoms with Crippen molar-refractivity contribution in [3.63, 3.8) is 0 Å². The minimum Gasteiger partial charge on any atom is -0.384 e. The van der Waals surface area contributed by atoms with Crippen LogP contribution in [0, 0.1) is 0 Å². The highest BCUT2D eigenvalue weighted by Gasteiger charge is 2.02. The molecular formula is C15H25N3. The van der Waals surface area contributed by atoms with Crippen LogP contribution in [0.2, 0.25) is 0 Å². The highest BCUT2D eigenvalue weighted by atomic mass is 15.1. The van der Waals surface area contributed by atoms with Crippen molar-refractivity contribution in [2.45, 2.75) is 0 Å². The summed E-state index contributed by atoms with van der Waals surface area (Å²) in [6.07, 6.45) is 5.34. The van der Waals surface area contributed by atoms with E-state index in [0.29, 0.717) is 0 Å². The van der Waals surface area contributed by atoms with E-state index in [-0.39, 0.29) is 0 Å². The topological polar surface area (TPSA) is 27.3 Å². The number of hydrogen-bond donors (Lipinski definition) is 2. The molecule has 0 unspecified atom stereocenters. The molecule has 3 heteroatoms. The first-order valence-corrected chi connectivity index (χ1v) is 6.07.